The lowest BCUT2D eigenvalue weighted by Gasteiger charge is -2.31. The highest BCUT2D eigenvalue weighted by Crippen LogP contribution is 2.29. The molecule has 4 rings (SSSR count). The van der Waals surface area contributed by atoms with Crippen LogP contribution in [0.15, 0.2) is 30.5 Å². The highest BCUT2D eigenvalue weighted by atomic mass is 32.1. The smallest absolute Gasteiger partial charge is 0.244 e. The van der Waals surface area contributed by atoms with Crippen molar-refractivity contribution in [3.8, 4) is 10.7 Å². The van der Waals surface area contributed by atoms with Crippen molar-refractivity contribution in [1.82, 2.24) is 24.9 Å². The number of carbonyl (C=O) groups excluding carboxylic acids is 1. The molecular weight excluding hydrogens is 322 g/mol. The maximum absolute atomic E-state index is 12.5. The number of fused-ring (bicyclic) bond motifs is 1. The van der Waals surface area contributed by atoms with E-state index in [2.05, 4.69) is 29.1 Å². The van der Waals surface area contributed by atoms with Gasteiger partial charge in [-0.3, -0.25) is 4.79 Å². The predicted octanol–water partition coefficient (Wildman–Crippen LogP) is 2.96. The molecule has 1 amide bonds. The Morgan fingerprint density at radius 3 is 2.92 bits per heavy atom. The summed E-state index contributed by atoms with van der Waals surface area (Å²) in [4.78, 5) is 19.1. The number of hydrogen-bond donors (Lipinski definition) is 0. The number of hydrogen-bond acceptors (Lipinski definition) is 5. The van der Waals surface area contributed by atoms with Crippen LogP contribution in [0.25, 0.3) is 20.9 Å². The van der Waals surface area contributed by atoms with Crippen LogP contribution >= 0.6 is 11.3 Å². The fourth-order valence-electron chi connectivity index (χ4n) is 3.25. The van der Waals surface area contributed by atoms with Crippen LogP contribution in [0.5, 0.6) is 0 Å². The van der Waals surface area contributed by atoms with Crippen LogP contribution in [-0.4, -0.2) is 42.9 Å². The number of amides is 1. The van der Waals surface area contributed by atoms with Crippen molar-refractivity contribution in [2.45, 2.75) is 38.8 Å². The first-order chi connectivity index (χ1) is 11.5. The van der Waals surface area contributed by atoms with E-state index in [0.29, 0.717) is 5.69 Å². The van der Waals surface area contributed by atoms with Gasteiger partial charge in [0.15, 0.2) is 0 Å². The molecule has 0 spiro atoms. The van der Waals surface area contributed by atoms with Gasteiger partial charge in [-0.05, 0) is 38.8 Å². The van der Waals surface area contributed by atoms with Gasteiger partial charge in [0.05, 0.1) is 16.4 Å². The molecule has 0 saturated carbocycles. The van der Waals surface area contributed by atoms with Gasteiger partial charge < -0.3 is 4.90 Å². The summed E-state index contributed by atoms with van der Waals surface area (Å²) in [6.45, 7) is 5.28. The zero-order valence-corrected chi connectivity index (χ0v) is 14.6. The Morgan fingerprint density at radius 1 is 1.33 bits per heavy atom. The second-order valence-electron chi connectivity index (χ2n) is 6.75. The molecule has 2 aromatic heterocycles. The topological polar surface area (TPSA) is 63.9 Å². The summed E-state index contributed by atoms with van der Waals surface area (Å²) in [6, 6.07) is 8.00. The second kappa shape index (κ2) is 5.66. The van der Waals surface area contributed by atoms with Crippen LogP contribution in [0, 0.1) is 0 Å². The van der Waals surface area contributed by atoms with Crippen LogP contribution < -0.4 is 0 Å². The summed E-state index contributed by atoms with van der Waals surface area (Å²) in [7, 11) is 0. The summed E-state index contributed by atoms with van der Waals surface area (Å²) in [5.74, 6) is 0.0956. The molecule has 1 fully saturated rings. The fourth-order valence-corrected chi connectivity index (χ4v) is 4.16. The number of carbonyl (C=O) groups is 1. The first-order valence-electron chi connectivity index (χ1n) is 8.09. The van der Waals surface area contributed by atoms with Crippen molar-refractivity contribution < 1.29 is 4.79 Å². The third-order valence-corrected chi connectivity index (χ3v) is 5.61. The predicted molar refractivity (Wildman–Crippen MR) is 93.7 cm³/mol. The van der Waals surface area contributed by atoms with Gasteiger partial charge in [-0.25, -0.2) is 9.67 Å². The lowest BCUT2D eigenvalue weighted by atomic mass is 10.0. The van der Waals surface area contributed by atoms with Crippen LogP contribution in [0.4, 0.5) is 0 Å². The normalized spacial score (nSPS) is 16.8. The van der Waals surface area contributed by atoms with E-state index in [1.54, 1.807) is 22.2 Å². The van der Waals surface area contributed by atoms with E-state index in [-0.39, 0.29) is 18.0 Å². The molecule has 7 heteroatoms. The Kier molecular flexibility index (Phi) is 3.60. The number of nitrogens with zero attached hydrogens (tertiary/aromatic N) is 5. The number of benzene rings is 1. The zero-order valence-electron chi connectivity index (χ0n) is 13.8. The van der Waals surface area contributed by atoms with E-state index in [1.165, 1.54) is 0 Å². The SMILES string of the molecule is CC1(C)CCCN1C(=O)Cn1cc(-c2nc3ccccc3s2)nn1. The molecule has 124 valence electrons. The Balaban J connectivity index is 1.53. The van der Waals surface area contributed by atoms with E-state index in [9.17, 15) is 4.79 Å². The lowest BCUT2D eigenvalue weighted by Crippen LogP contribution is -2.44. The van der Waals surface area contributed by atoms with Crippen LogP contribution in [-0.2, 0) is 11.3 Å². The molecule has 0 atom stereocenters. The van der Waals surface area contributed by atoms with Gasteiger partial charge >= 0.3 is 0 Å². The number of aromatic nitrogens is 4. The largest absolute Gasteiger partial charge is 0.336 e. The first-order valence-corrected chi connectivity index (χ1v) is 8.91. The number of likely N-dealkylation sites (tertiary alicyclic amines) is 1. The molecule has 1 aliphatic heterocycles. The maximum Gasteiger partial charge on any atom is 0.244 e. The quantitative estimate of drug-likeness (QED) is 0.735. The molecule has 0 bridgehead atoms. The van der Waals surface area contributed by atoms with Crippen molar-refractivity contribution in [1.29, 1.82) is 0 Å². The van der Waals surface area contributed by atoms with Crippen LogP contribution in [0.3, 0.4) is 0 Å². The minimum absolute atomic E-state index is 0.0620. The van der Waals surface area contributed by atoms with Gasteiger partial charge in [0.25, 0.3) is 0 Å². The van der Waals surface area contributed by atoms with Gasteiger partial charge in [-0.15, -0.1) is 16.4 Å². The summed E-state index contributed by atoms with van der Waals surface area (Å²) in [5, 5.41) is 9.13. The highest BCUT2D eigenvalue weighted by molar-refractivity contribution is 7.21. The second-order valence-corrected chi connectivity index (χ2v) is 7.78. The van der Waals surface area contributed by atoms with E-state index in [4.69, 9.17) is 0 Å². The molecule has 3 aromatic rings. The number of rotatable bonds is 3. The van der Waals surface area contributed by atoms with Crippen molar-refractivity contribution in [2.75, 3.05) is 6.54 Å². The molecule has 1 aliphatic rings. The highest BCUT2D eigenvalue weighted by Gasteiger charge is 2.35. The number of thiazole rings is 1. The van der Waals surface area contributed by atoms with Gasteiger partial charge in [0, 0.05) is 12.1 Å². The Labute approximate surface area is 144 Å². The minimum atomic E-state index is -0.0620. The average molecular weight is 341 g/mol. The van der Waals surface area contributed by atoms with Crippen LogP contribution in [0.2, 0.25) is 0 Å². The van der Waals surface area contributed by atoms with E-state index in [1.807, 2.05) is 29.2 Å². The molecule has 1 saturated heterocycles. The molecule has 24 heavy (non-hydrogen) atoms. The monoisotopic (exact) mass is 341 g/mol. The van der Waals surface area contributed by atoms with E-state index >= 15 is 0 Å². The molecule has 0 aliphatic carbocycles. The van der Waals surface area contributed by atoms with E-state index in [0.717, 1.165) is 34.6 Å². The zero-order chi connectivity index (χ0) is 16.7. The Bertz CT molecular complexity index is 864. The summed E-state index contributed by atoms with van der Waals surface area (Å²) in [6.07, 6.45) is 3.92. The molecule has 3 heterocycles. The molecule has 1 aromatic carbocycles. The Hall–Kier alpha value is -2.28. The third kappa shape index (κ3) is 2.69. The Morgan fingerprint density at radius 2 is 2.17 bits per heavy atom. The minimum Gasteiger partial charge on any atom is -0.336 e. The maximum atomic E-state index is 12.5. The number of para-hydroxylation sites is 1. The third-order valence-electron chi connectivity index (χ3n) is 4.55. The molecule has 0 radical (unpaired) electrons. The van der Waals surface area contributed by atoms with Gasteiger partial charge in [-0.2, -0.15) is 0 Å². The molecule has 0 unspecified atom stereocenters. The summed E-state index contributed by atoms with van der Waals surface area (Å²) >= 11 is 1.59. The van der Waals surface area contributed by atoms with Gasteiger partial charge in [-0.1, -0.05) is 17.3 Å². The molecule has 6 nitrogen and oxygen atoms in total. The van der Waals surface area contributed by atoms with Crippen LogP contribution in [0.1, 0.15) is 26.7 Å². The van der Waals surface area contributed by atoms with Crippen molar-refractivity contribution in [2.24, 2.45) is 0 Å². The van der Waals surface area contributed by atoms with Crippen molar-refractivity contribution in [3.63, 3.8) is 0 Å². The lowest BCUT2D eigenvalue weighted by molar-refractivity contribution is -0.135. The summed E-state index contributed by atoms with van der Waals surface area (Å²) < 4.78 is 2.73. The van der Waals surface area contributed by atoms with Gasteiger partial charge in [0.2, 0.25) is 5.91 Å². The van der Waals surface area contributed by atoms with Crippen molar-refractivity contribution in [3.05, 3.63) is 30.5 Å². The first kappa shape index (κ1) is 15.3. The van der Waals surface area contributed by atoms with E-state index < -0.39 is 0 Å². The van der Waals surface area contributed by atoms with Gasteiger partial charge in [0.1, 0.15) is 17.2 Å². The molecule has 0 N–H and O–H groups in total. The average Bonchev–Trinajstić information content (AvgIpc) is 3.23. The standard InChI is InChI=1S/C17H19N5OS/c1-17(2)8-5-9-22(17)15(23)11-21-10-13(19-20-21)16-18-12-6-3-4-7-14(12)24-16/h3-4,6-7,10H,5,8-9,11H2,1-2H3. The fraction of sp³-hybridized carbons (Fsp3) is 0.412. The van der Waals surface area contributed by atoms with Crippen molar-refractivity contribution >= 4 is 27.5 Å². The molecular formula is C17H19N5OS. The summed E-state index contributed by atoms with van der Waals surface area (Å²) in [5.41, 5.74) is 1.61.